The first kappa shape index (κ1) is 16.7. The third-order valence-corrected chi connectivity index (χ3v) is 5.29. The molecule has 8 heteroatoms. The molecule has 3 N–H and O–H groups in total. The van der Waals surface area contributed by atoms with Crippen LogP contribution in [0.5, 0.6) is 0 Å². The first-order chi connectivity index (χ1) is 13.1. The topological polar surface area (TPSA) is 91.7 Å². The molecule has 1 atom stereocenters. The normalized spacial score (nSPS) is 15.7. The van der Waals surface area contributed by atoms with E-state index in [2.05, 4.69) is 20.4 Å². The third kappa shape index (κ3) is 2.97. The van der Waals surface area contributed by atoms with Crippen LogP contribution >= 0.6 is 11.6 Å². The molecule has 0 aliphatic heterocycles. The van der Waals surface area contributed by atoms with Crippen molar-refractivity contribution in [3.05, 3.63) is 41.2 Å². The zero-order valence-corrected chi connectivity index (χ0v) is 15.5. The van der Waals surface area contributed by atoms with Gasteiger partial charge in [0.15, 0.2) is 5.65 Å². The molecular formula is C19H19ClN6O. The van der Waals surface area contributed by atoms with Crippen LogP contribution < -0.4 is 5.32 Å². The van der Waals surface area contributed by atoms with Gasteiger partial charge < -0.3 is 10.1 Å². The van der Waals surface area contributed by atoms with Gasteiger partial charge in [0.1, 0.15) is 23.1 Å². The van der Waals surface area contributed by atoms with Crippen molar-refractivity contribution < 1.29 is 5.11 Å². The minimum Gasteiger partial charge on any atom is -0.374 e. The standard InChI is InChI=1S/C19H19ClN6O/c1-26-15-6-11(20)4-5-12(15)16(25-26)14-9-22-18-17(24-14)13(8-21-18)19(27)23-7-10-2-3-10/h4-6,8-10,19,23,27H,2-3,7H2,1H3,(H,21,22). The molecule has 138 valence electrons. The molecular weight excluding hydrogens is 364 g/mol. The summed E-state index contributed by atoms with van der Waals surface area (Å²) in [7, 11) is 1.88. The molecule has 0 radical (unpaired) electrons. The molecule has 0 amide bonds. The van der Waals surface area contributed by atoms with E-state index in [-0.39, 0.29) is 0 Å². The van der Waals surface area contributed by atoms with Crippen LogP contribution in [-0.2, 0) is 7.05 Å². The number of aryl methyl sites for hydroxylation is 1. The second-order valence-corrected chi connectivity index (χ2v) is 7.52. The number of fused-ring (bicyclic) bond motifs is 2. The zero-order chi connectivity index (χ0) is 18.5. The molecule has 1 fully saturated rings. The van der Waals surface area contributed by atoms with Crippen molar-refractivity contribution in [2.24, 2.45) is 13.0 Å². The Labute approximate surface area is 160 Å². The maximum atomic E-state index is 10.5. The van der Waals surface area contributed by atoms with Gasteiger partial charge in [-0.1, -0.05) is 11.6 Å². The summed E-state index contributed by atoms with van der Waals surface area (Å²) in [4.78, 5) is 12.3. The number of aromatic amines is 1. The van der Waals surface area contributed by atoms with Gasteiger partial charge >= 0.3 is 0 Å². The minimum absolute atomic E-state index is 0.643. The van der Waals surface area contributed by atoms with Crippen LogP contribution in [0, 0.1) is 5.92 Å². The number of nitrogens with one attached hydrogen (secondary N) is 2. The summed E-state index contributed by atoms with van der Waals surface area (Å²) < 4.78 is 1.78. The number of halogens is 1. The highest BCUT2D eigenvalue weighted by Crippen LogP contribution is 2.31. The van der Waals surface area contributed by atoms with Crippen LogP contribution in [0.25, 0.3) is 33.5 Å². The molecule has 1 aliphatic carbocycles. The Morgan fingerprint density at radius 2 is 2.26 bits per heavy atom. The van der Waals surface area contributed by atoms with Gasteiger partial charge in [-0.25, -0.2) is 9.97 Å². The molecule has 7 nitrogen and oxygen atoms in total. The van der Waals surface area contributed by atoms with E-state index in [1.165, 1.54) is 12.8 Å². The summed E-state index contributed by atoms with van der Waals surface area (Å²) in [5, 5.41) is 19.9. The molecule has 4 aromatic rings. The number of aromatic nitrogens is 5. The number of benzene rings is 1. The molecule has 0 saturated heterocycles. The van der Waals surface area contributed by atoms with E-state index in [4.69, 9.17) is 16.6 Å². The SMILES string of the molecule is Cn1nc(-c2cnc3[nH]cc(C(O)NCC4CC4)c3n2)c2ccc(Cl)cc21. The van der Waals surface area contributed by atoms with Crippen molar-refractivity contribution in [2.45, 2.75) is 19.1 Å². The molecule has 1 unspecified atom stereocenters. The summed E-state index contributed by atoms with van der Waals surface area (Å²) in [6, 6.07) is 5.66. The van der Waals surface area contributed by atoms with Gasteiger partial charge in [-0.3, -0.25) is 10.00 Å². The highest BCUT2D eigenvalue weighted by Gasteiger charge is 2.23. The van der Waals surface area contributed by atoms with Gasteiger partial charge in [0, 0.05) is 35.8 Å². The average molecular weight is 383 g/mol. The maximum Gasteiger partial charge on any atom is 0.156 e. The van der Waals surface area contributed by atoms with Crippen LogP contribution in [0.4, 0.5) is 0 Å². The first-order valence-electron chi connectivity index (χ1n) is 8.98. The number of aliphatic hydroxyl groups excluding tert-OH is 1. The lowest BCUT2D eigenvalue weighted by atomic mass is 10.1. The summed E-state index contributed by atoms with van der Waals surface area (Å²) in [6.07, 6.45) is 5.14. The number of H-pyrrole nitrogens is 1. The lowest BCUT2D eigenvalue weighted by Gasteiger charge is -2.11. The fourth-order valence-electron chi connectivity index (χ4n) is 3.36. The van der Waals surface area contributed by atoms with E-state index in [9.17, 15) is 5.11 Å². The van der Waals surface area contributed by atoms with Crippen molar-refractivity contribution in [1.82, 2.24) is 30.0 Å². The highest BCUT2D eigenvalue weighted by atomic mass is 35.5. The zero-order valence-electron chi connectivity index (χ0n) is 14.8. The minimum atomic E-state index is -0.775. The van der Waals surface area contributed by atoms with Gasteiger partial charge in [0.25, 0.3) is 0 Å². The summed E-state index contributed by atoms with van der Waals surface area (Å²) in [5.74, 6) is 0.679. The van der Waals surface area contributed by atoms with Crippen LogP contribution in [0.3, 0.4) is 0 Å². The Bertz CT molecular complexity index is 1150. The fourth-order valence-corrected chi connectivity index (χ4v) is 3.53. The van der Waals surface area contributed by atoms with E-state index < -0.39 is 6.23 Å². The third-order valence-electron chi connectivity index (χ3n) is 5.06. The van der Waals surface area contributed by atoms with E-state index in [1.54, 1.807) is 17.1 Å². The fraction of sp³-hybridized carbons (Fsp3) is 0.316. The Balaban J connectivity index is 1.57. The van der Waals surface area contributed by atoms with Gasteiger partial charge in [-0.2, -0.15) is 5.10 Å². The predicted molar refractivity (Wildman–Crippen MR) is 104 cm³/mol. The largest absolute Gasteiger partial charge is 0.374 e. The molecule has 3 heterocycles. The summed E-state index contributed by atoms with van der Waals surface area (Å²) in [5.41, 5.74) is 4.32. The maximum absolute atomic E-state index is 10.5. The summed E-state index contributed by atoms with van der Waals surface area (Å²) in [6.45, 7) is 0.812. The average Bonchev–Trinajstić information content (AvgIpc) is 3.32. The predicted octanol–water partition coefficient (Wildman–Crippen LogP) is 3.16. The number of hydrogen-bond donors (Lipinski definition) is 3. The van der Waals surface area contributed by atoms with Gasteiger partial charge in [-0.05, 0) is 37.0 Å². The monoisotopic (exact) mass is 382 g/mol. The van der Waals surface area contributed by atoms with E-state index in [0.717, 1.165) is 23.1 Å². The number of rotatable bonds is 5. The Morgan fingerprint density at radius 1 is 1.41 bits per heavy atom. The van der Waals surface area contributed by atoms with E-state index in [1.807, 2.05) is 25.2 Å². The van der Waals surface area contributed by atoms with Gasteiger partial charge in [-0.15, -0.1) is 0 Å². The van der Waals surface area contributed by atoms with Crippen LogP contribution in [-0.4, -0.2) is 36.4 Å². The highest BCUT2D eigenvalue weighted by molar-refractivity contribution is 6.31. The van der Waals surface area contributed by atoms with Crippen LogP contribution in [0.2, 0.25) is 5.02 Å². The van der Waals surface area contributed by atoms with Crippen molar-refractivity contribution in [3.63, 3.8) is 0 Å². The molecule has 1 saturated carbocycles. The van der Waals surface area contributed by atoms with Crippen LogP contribution in [0.1, 0.15) is 24.6 Å². The second kappa shape index (κ2) is 6.30. The Kier molecular flexibility index (Phi) is 3.89. The van der Waals surface area contributed by atoms with Crippen molar-refractivity contribution in [3.8, 4) is 11.4 Å². The molecule has 1 aromatic carbocycles. The molecule has 3 aromatic heterocycles. The Morgan fingerprint density at radius 3 is 3.07 bits per heavy atom. The van der Waals surface area contributed by atoms with E-state index >= 15 is 0 Å². The lowest BCUT2D eigenvalue weighted by molar-refractivity contribution is 0.139. The molecule has 1 aliphatic rings. The van der Waals surface area contributed by atoms with Crippen LogP contribution in [0.15, 0.2) is 30.6 Å². The van der Waals surface area contributed by atoms with Gasteiger partial charge in [0.2, 0.25) is 0 Å². The lowest BCUT2D eigenvalue weighted by Crippen LogP contribution is -2.23. The van der Waals surface area contributed by atoms with Gasteiger partial charge in [0.05, 0.1) is 11.7 Å². The quantitative estimate of drug-likeness (QED) is 0.461. The summed E-state index contributed by atoms with van der Waals surface area (Å²) >= 11 is 6.11. The van der Waals surface area contributed by atoms with Crippen molar-refractivity contribution in [1.29, 1.82) is 0 Å². The molecule has 5 rings (SSSR count). The smallest absolute Gasteiger partial charge is 0.156 e. The number of nitrogens with zero attached hydrogens (tertiary/aromatic N) is 4. The molecule has 0 bridgehead atoms. The number of aliphatic hydroxyl groups is 1. The Hall–Kier alpha value is -2.48. The van der Waals surface area contributed by atoms with Crippen molar-refractivity contribution >= 4 is 33.7 Å². The first-order valence-corrected chi connectivity index (χ1v) is 9.36. The van der Waals surface area contributed by atoms with E-state index in [0.29, 0.717) is 33.4 Å². The second-order valence-electron chi connectivity index (χ2n) is 7.08. The molecule has 0 spiro atoms. The number of hydrogen-bond acceptors (Lipinski definition) is 5. The van der Waals surface area contributed by atoms with Crippen molar-refractivity contribution in [2.75, 3.05) is 6.54 Å². The molecule has 27 heavy (non-hydrogen) atoms.